The quantitative estimate of drug-likeness (QED) is 0.626. The lowest BCUT2D eigenvalue weighted by Gasteiger charge is -2.28. The second kappa shape index (κ2) is 3.11. The molecule has 0 N–H and O–H groups in total. The second-order valence-corrected chi connectivity index (χ2v) is 2.84. The Morgan fingerprint density at radius 1 is 1.47 bits per heavy atom. The van der Waals surface area contributed by atoms with Crippen LogP contribution in [0.15, 0.2) is 18.3 Å². The van der Waals surface area contributed by atoms with Crippen LogP contribution in [-0.2, 0) is 11.3 Å². The second-order valence-electron chi connectivity index (χ2n) is 2.84. The largest absolute Gasteiger partial charge is 0.495 e. The fourth-order valence-corrected chi connectivity index (χ4v) is 1.26. The van der Waals surface area contributed by atoms with Crippen LogP contribution in [0.2, 0.25) is 0 Å². The number of anilines is 1. The molecule has 15 heavy (non-hydrogen) atoms. The molecule has 1 aromatic heterocycles. The van der Waals surface area contributed by atoms with Crippen LogP contribution >= 0.6 is 0 Å². The van der Waals surface area contributed by atoms with Crippen LogP contribution in [0.1, 0.15) is 5.56 Å². The van der Waals surface area contributed by atoms with Gasteiger partial charge in [-0.1, -0.05) is 6.07 Å². The summed E-state index contributed by atoms with van der Waals surface area (Å²) in [7, 11) is 0. The maximum absolute atomic E-state index is 12.5. The highest BCUT2D eigenvalue weighted by atomic mass is 19.4. The Balaban J connectivity index is 2.51. The number of amides is 1. The lowest BCUT2D eigenvalue weighted by atomic mass is 10.2. The van der Waals surface area contributed by atoms with Gasteiger partial charge in [0.05, 0.1) is 0 Å². The van der Waals surface area contributed by atoms with E-state index in [0.29, 0.717) is 0 Å². The Labute approximate surface area is 82.3 Å². The Bertz CT molecular complexity index is 405. The van der Waals surface area contributed by atoms with Crippen LogP contribution < -0.4 is 4.90 Å². The number of hydrogen-bond acceptors (Lipinski definition) is 3. The Kier molecular flexibility index (Phi) is 2.02. The molecule has 0 atom stereocenters. The molecule has 1 aliphatic rings. The molecule has 0 unspecified atom stereocenters. The summed E-state index contributed by atoms with van der Waals surface area (Å²) in [5.74, 6) is -0.416. The fourth-order valence-electron chi connectivity index (χ4n) is 1.26. The predicted octanol–water partition coefficient (Wildman–Crippen LogP) is 2.06. The van der Waals surface area contributed by atoms with Crippen molar-refractivity contribution in [2.75, 3.05) is 4.90 Å². The summed E-state index contributed by atoms with van der Waals surface area (Å²) < 4.78 is 41.7. The predicted molar refractivity (Wildman–Crippen MR) is 43.0 cm³/mol. The maximum Gasteiger partial charge on any atom is 0.495 e. The van der Waals surface area contributed by atoms with E-state index in [-0.39, 0.29) is 12.2 Å². The van der Waals surface area contributed by atoms with E-state index in [2.05, 4.69) is 9.72 Å². The molecule has 4 nitrogen and oxygen atoms in total. The third-order valence-electron chi connectivity index (χ3n) is 1.87. The van der Waals surface area contributed by atoms with Gasteiger partial charge in [-0.25, -0.2) is 9.78 Å². The fraction of sp³-hybridized carbons (Fsp3) is 0.250. The van der Waals surface area contributed by atoms with Gasteiger partial charge in [-0.15, -0.1) is 13.2 Å². The van der Waals surface area contributed by atoms with E-state index in [1.165, 1.54) is 18.3 Å². The van der Waals surface area contributed by atoms with Gasteiger partial charge in [-0.2, -0.15) is 4.90 Å². The first-order chi connectivity index (χ1) is 7.00. The van der Waals surface area contributed by atoms with Gasteiger partial charge in [0.2, 0.25) is 0 Å². The molecular formula is C8H5F3N2O2. The van der Waals surface area contributed by atoms with Crippen LogP contribution in [0, 0.1) is 0 Å². The zero-order chi connectivity index (χ0) is 11.1. The normalized spacial score (nSPS) is 15.9. The van der Waals surface area contributed by atoms with Crippen molar-refractivity contribution in [3.63, 3.8) is 0 Å². The molecule has 0 spiro atoms. The zero-order valence-electron chi connectivity index (χ0n) is 7.28. The molecule has 1 aromatic rings. The average molecular weight is 218 g/mol. The van der Waals surface area contributed by atoms with Crippen LogP contribution in [0.4, 0.5) is 23.8 Å². The summed E-state index contributed by atoms with van der Waals surface area (Å²) in [4.78, 5) is 14.1. The van der Waals surface area contributed by atoms with Crippen molar-refractivity contribution in [3.8, 4) is 0 Å². The van der Waals surface area contributed by atoms with E-state index >= 15 is 0 Å². The number of alkyl halides is 3. The van der Waals surface area contributed by atoms with Crippen molar-refractivity contribution >= 4 is 11.9 Å². The smallest absolute Gasteiger partial charge is 0.444 e. The average Bonchev–Trinajstić information content (AvgIpc) is 2.15. The highest BCUT2D eigenvalue weighted by Crippen LogP contribution is 2.33. The first kappa shape index (κ1) is 9.75. The Morgan fingerprint density at radius 2 is 2.20 bits per heavy atom. The molecule has 7 heteroatoms. The van der Waals surface area contributed by atoms with Crippen LogP contribution in [0.25, 0.3) is 0 Å². The van der Waals surface area contributed by atoms with Gasteiger partial charge in [-0.3, -0.25) is 0 Å². The molecule has 1 aliphatic heterocycles. The first-order valence-electron chi connectivity index (χ1n) is 3.98. The molecule has 0 saturated heterocycles. The van der Waals surface area contributed by atoms with Gasteiger partial charge >= 0.3 is 12.4 Å². The summed E-state index contributed by atoms with van der Waals surface area (Å²) >= 11 is 0. The van der Waals surface area contributed by atoms with E-state index in [1.54, 1.807) is 0 Å². The summed E-state index contributed by atoms with van der Waals surface area (Å²) in [6.45, 7) is -0.186. The number of halogens is 3. The molecule has 0 saturated carbocycles. The van der Waals surface area contributed by atoms with E-state index in [1.807, 2.05) is 0 Å². The lowest BCUT2D eigenvalue weighted by molar-refractivity contribution is -0.127. The first-order valence-corrected chi connectivity index (χ1v) is 3.98. The van der Waals surface area contributed by atoms with Crippen molar-refractivity contribution in [1.29, 1.82) is 0 Å². The van der Waals surface area contributed by atoms with Crippen molar-refractivity contribution in [2.45, 2.75) is 12.9 Å². The molecule has 80 valence electrons. The summed E-state index contributed by atoms with van der Waals surface area (Å²) in [5.41, 5.74) is 0.231. The molecule has 0 bridgehead atoms. The van der Waals surface area contributed by atoms with E-state index < -0.39 is 23.1 Å². The highest BCUT2D eigenvalue weighted by molar-refractivity contribution is 5.89. The molecule has 0 aliphatic carbocycles. The minimum absolute atomic E-state index is 0.186. The monoisotopic (exact) mass is 218 g/mol. The van der Waals surface area contributed by atoms with Crippen LogP contribution in [-0.4, -0.2) is 17.4 Å². The number of hydrogen-bond donors (Lipinski definition) is 0. The maximum atomic E-state index is 12.5. The van der Waals surface area contributed by atoms with Crippen LogP contribution in [0.5, 0.6) is 0 Å². The van der Waals surface area contributed by atoms with Crippen molar-refractivity contribution in [3.05, 3.63) is 23.9 Å². The minimum Gasteiger partial charge on any atom is -0.444 e. The Hall–Kier alpha value is -1.79. The summed E-state index contributed by atoms with van der Waals surface area (Å²) in [5, 5.41) is 0. The molecule has 1 amide bonds. The highest BCUT2D eigenvalue weighted by Gasteiger charge is 2.47. The topological polar surface area (TPSA) is 42.4 Å². The number of ether oxygens (including phenoxy) is 1. The number of carbonyl (C=O) groups excluding carboxylic acids is 1. The SMILES string of the molecule is O=C1OCc2cccnc2N1C(F)(F)F. The van der Waals surface area contributed by atoms with E-state index in [4.69, 9.17) is 0 Å². The van der Waals surface area contributed by atoms with Gasteiger partial charge in [-0.05, 0) is 6.07 Å². The third-order valence-corrected chi connectivity index (χ3v) is 1.87. The van der Waals surface area contributed by atoms with Gasteiger partial charge in [0, 0.05) is 11.8 Å². The number of fused-ring (bicyclic) bond motifs is 1. The molecule has 0 radical (unpaired) electrons. The van der Waals surface area contributed by atoms with E-state index in [0.717, 1.165) is 0 Å². The third kappa shape index (κ3) is 1.60. The Morgan fingerprint density at radius 3 is 2.87 bits per heavy atom. The zero-order valence-corrected chi connectivity index (χ0v) is 7.28. The summed E-state index contributed by atoms with van der Waals surface area (Å²) in [6.07, 6.45) is -5.08. The van der Waals surface area contributed by atoms with Crippen LogP contribution in [0.3, 0.4) is 0 Å². The number of cyclic esters (lactones) is 1. The molecular weight excluding hydrogens is 213 g/mol. The lowest BCUT2D eigenvalue weighted by Crippen LogP contribution is -2.46. The van der Waals surface area contributed by atoms with Crippen molar-refractivity contribution < 1.29 is 22.7 Å². The number of carbonyl (C=O) groups is 1. The number of aromatic nitrogens is 1. The number of pyridine rings is 1. The summed E-state index contributed by atoms with van der Waals surface area (Å²) in [6, 6.07) is 2.90. The molecule has 2 heterocycles. The van der Waals surface area contributed by atoms with Gasteiger partial charge in [0.15, 0.2) is 5.82 Å². The van der Waals surface area contributed by atoms with E-state index in [9.17, 15) is 18.0 Å². The molecule has 2 rings (SSSR count). The minimum atomic E-state index is -4.82. The van der Waals surface area contributed by atoms with Gasteiger partial charge < -0.3 is 4.74 Å². The van der Waals surface area contributed by atoms with Gasteiger partial charge in [0.1, 0.15) is 6.61 Å². The van der Waals surface area contributed by atoms with Crippen molar-refractivity contribution in [2.24, 2.45) is 0 Å². The standard InChI is InChI=1S/C8H5F3N2O2/c9-8(10,11)13-6-5(2-1-3-12-6)4-15-7(13)14/h1-3H,4H2. The van der Waals surface area contributed by atoms with Gasteiger partial charge in [0.25, 0.3) is 0 Å². The number of nitrogens with zero attached hydrogens (tertiary/aromatic N) is 2. The number of rotatable bonds is 0. The molecule has 0 fully saturated rings. The van der Waals surface area contributed by atoms with Crippen molar-refractivity contribution in [1.82, 2.24) is 4.98 Å². The molecule has 0 aromatic carbocycles.